The van der Waals surface area contributed by atoms with Gasteiger partial charge in [-0.05, 0) is 75.2 Å². The number of ether oxygens (including phenoxy) is 1. The summed E-state index contributed by atoms with van der Waals surface area (Å²) in [6.45, 7) is 8.54. The number of carbonyl (C=O) groups excluding carboxylic acids is 1. The molecule has 0 bridgehead atoms. The summed E-state index contributed by atoms with van der Waals surface area (Å²) < 4.78 is 30.2. The minimum Gasteiger partial charge on any atom is -0.486 e. The molecule has 0 saturated carbocycles. The van der Waals surface area contributed by atoms with Crippen LogP contribution in [0.4, 0.5) is 17.3 Å². The van der Waals surface area contributed by atoms with Crippen molar-refractivity contribution >= 4 is 33.1 Å². The van der Waals surface area contributed by atoms with Gasteiger partial charge in [0, 0.05) is 32.2 Å². The van der Waals surface area contributed by atoms with Crippen LogP contribution in [0, 0.1) is 18.8 Å². The van der Waals surface area contributed by atoms with Crippen LogP contribution in [0.3, 0.4) is 0 Å². The molecule has 4 aliphatic rings. The van der Waals surface area contributed by atoms with Gasteiger partial charge in [0.25, 0.3) is 5.91 Å². The van der Waals surface area contributed by atoms with Crippen LogP contribution >= 0.6 is 0 Å². The Labute approximate surface area is 236 Å². The van der Waals surface area contributed by atoms with Gasteiger partial charge in [-0.25, -0.2) is 18.4 Å². The van der Waals surface area contributed by atoms with E-state index in [0.717, 1.165) is 73.8 Å². The summed E-state index contributed by atoms with van der Waals surface area (Å²) in [6.07, 6.45) is 4.68. The maximum absolute atomic E-state index is 12.2. The van der Waals surface area contributed by atoms with Crippen molar-refractivity contribution < 1.29 is 17.9 Å². The van der Waals surface area contributed by atoms with E-state index in [1.54, 1.807) is 6.92 Å². The van der Waals surface area contributed by atoms with Crippen molar-refractivity contribution in [1.82, 2.24) is 19.8 Å². The molecule has 3 fully saturated rings. The zero-order valence-corrected chi connectivity index (χ0v) is 24.0. The molecule has 0 aliphatic carbocycles. The highest BCUT2D eigenvalue weighted by Gasteiger charge is 2.33. The maximum atomic E-state index is 12.2. The number of hydrogen-bond donors (Lipinski definition) is 1. The average Bonchev–Trinajstić information content (AvgIpc) is 3.36. The van der Waals surface area contributed by atoms with Crippen LogP contribution < -0.4 is 15.0 Å². The Morgan fingerprint density at radius 2 is 1.85 bits per heavy atom. The molecule has 1 amide bonds. The predicted molar refractivity (Wildman–Crippen MR) is 154 cm³/mol. The maximum Gasteiger partial charge on any atom is 0.298 e. The molecular formula is C29H36N6O4S. The Balaban J connectivity index is 1.15. The molecule has 0 unspecified atom stereocenters. The van der Waals surface area contributed by atoms with Crippen molar-refractivity contribution in [3.8, 4) is 17.6 Å². The first kappa shape index (κ1) is 26.8. The molecule has 0 radical (unpaired) electrons. The number of nitrogens with one attached hydrogen (secondary N) is 1. The van der Waals surface area contributed by atoms with Crippen LogP contribution in [-0.4, -0.2) is 90.9 Å². The molecule has 1 aromatic carbocycles. The van der Waals surface area contributed by atoms with E-state index < -0.39 is 9.84 Å². The summed E-state index contributed by atoms with van der Waals surface area (Å²) in [4.78, 5) is 27.7. The third-order valence-corrected chi connectivity index (χ3v) is 10.3. The van der Waals surface area contributed by atoms with E-state index in [4.69, 9.17) is 4.74 Å². The number of piperidine rings is 1. The topological polar surface area (TPSA) is 108 Å². The van der Waals surface area contributed by atoms with E-state index in [0.29, 0.717) is 37.5 Å². The number of sulfone groups is 1. The van der Waals surface area contributed by atoms with Crippen molar-refractivity contribution in [2.75, 3.05) is 61.0 Å². The van der Waals surface area contributed by atoms with Gasteiger partial charge < -0.3 is 19.9 Å². The van der Waals surface area contributed by atoms with Crippen molar-refractivity contribution in [3.05, 3.63) is 35.2 Å². The molecule has 4 aliphatic heterocycles. The third kappa shape index (κ3) is 5.34. The quantitative estimate of drug-likeness (QED) is 0.563. The third-order valence-electron chi connectivity index (χ3n) is 8.68. The van der Waals surface area contributed by atoms with E-state index in [1.165, 1.54) is 11.9 Å². The van der Waals surface area contributed by atoms with Crippen molar-refractivity contribution in [3.63, 3.8) is 0 Å². The van der Waals surface area contributed by atoms with Gasteiger partial charge >= 0.3 is 0 Å². The minimum atomic E-state index is -2.99. The number of anilines is 3. The number of likely N-dealkylation sites (tertiary alicyclic amines) is 2. The molecule has 0 spiro atoms. The summed E-state index contributed by atoms with van der Waals surface area (Å²) in [5.41, 5.74) is 4.13. The largest absolute Gasteiger partial charge is 0.486 e. The van der Waals surface area contributed by atoms with Crippen molar-refractivity contribution in [1.29, 1.82) is 0 Å². The van der Waals surface area contributed by atoms with Gasteiger partial charge in [0.2, 0.25) is 0 Å². The van der Waals surface area contributed by atoms with Gasteiger partial charge in [0.1, 0.15) is 30.3 Å². The fourth-order valence-corrected chi connectivity index (χ4v) is 7.64. The minimum absolute atomic E-state index is 0.0575. The first-order valence-electron chi connectivity index (χ1n) is 14.1. The highest BCUT2D eigenvalue weighted by atomic mass is 32.2. The monoisotopic (exact) mass is 564 g/mol. The van der Waals surface area contributed by atoms with E-state index in [2.05, 4.69) is 51.1 Å². The standard InChI is InChI=1S/C29H36N6O4S/c1-3-4-26(36)35-10-7-23(17-35)33-8-5-21(6-9-33)22-15-20(2)27-25(16-22)32-28-24(18-39-27)29(31-19-30-28)34-11-13-40(37,38)14-12-34/h15-16,19,21,23H,5-14,17-18H2,1-2H3,(H,30,31,32)/t23-/m0/s1. The Morgan fingerprint density at radius 3 is 2.60 bits per heavy atom. The van der Waals surface area contributed by atoms with Gasteiger partial charge in [0.05, 0.1) is 22.8 Å². The summed E-state index contributed by atoms with van der Waals surface area (Å²) in [5.74, 6) is 8.31. The molecule has 212 valence electrons. The Hall–Kier alpha value is -3.36. The van der Waals surface area contributed by atoms with Crippen LogP contribution in [-0.2, 0) is 21.2 Å². The molecule has 11 heteroatoms. The number of nitrogens with zero attached hydrogens (tertiary/aromatic N) is 5. The molecule has 1 atom stereocenters. The van der Waals surface area contributed by atoms with E-state index in [9.17, 15) is 13.2 Å². The number of rotatable bonds is 3. The molecule has 1 N–H and O–H groups in total. The van der Waals surface area contributed by atoms with E-state index in [-0.39, 0.29) is 17.4 Å². The lowest BCUT2D eigenvalue weighted by Gasteiger charge is -2.36. The van der Waals surface area contributed by atoms with Crippen LogP contribution in [0.15, 0.2) is 18.5 Å². The molecular weight excluding hydrogens is 528 g/mol. The molecule has 1 aromatic heterocycles. The number of benzene rings is 1. The van der Waals surface area contributed by atoms with Gasteiger partial charge in [0.15, 0.2) is 9.84 Å². The summed E-state index contributed by atoms with van der Waals surface area (Å²) >= 11 is 0. The van der Waals surface area contributed by atoms with Gasteiger partial charge in [-0.3, -0.25) is 9.69 Å². The number of aromatic nitrogens is 2. The first-order chi connectivity index (χ1) is 19.3. The Kier molecular flexibility index (Phi) is 7.31. The number of amides is 1. The second kappa shape index (κ2) is 10.9. The molecule has 10 nitrogen and oxygen atoms in total. The zero-order chi connectivity index (χ0) is 27.9. The number of fused-ring (bicyclic) bond motifs is 2. The highest BCUT2D eigenvalue weighted by Crippen LogP contribution is 2.41. The SMILES string of the molecule is CC#CC(=O)N1CC[C@H](N2CCC(c3cc(C)c4c(c3)Nc3ncnc(N5CCS(=O)(=O)CC5)c3CO4)CC2)C1. The van der Waals surface area contributed by atoms with E-state index >= 15 is 0 Å². The van der Waals surface area contributed by atoms with Crippen molar-refractivity contribution in [2.24, 2.45) is 0 Å². The summed E-state index contributed by atoms with van der Waals surface area (Å²) in [6, 6.07) is 4.86. The molecule has 5 heterocycles. The number of carbonyl (C=O) groups is 1. The summed E-state index contributed by atoms with van der Waals surface area (Å²) in [5, 5.41) is 3.52. The van der Waals surface area contributed by atoms with Crippen LogP contribution in [0.25, 0.3) is 0 Å². The number of aryl methyl sites for hydroxylation is 1. The van der Waals surface area contributed by atoms with Gasteiger partial charge in [-0.15, -0.1) is 0 Å². The Bertz CT molecular complexity index is 1460. The fraction of sp³-hybridized carbons (Fsp3) is 0.552. The number of hydrogen-bond acceptors (Lipinski definition) is 9. The molecule has 40 heavy (non-hydrogen) atoms. The lowest BCUT2D eigenvalue weighted by atomic mass is 9.87. The average molecular weight is 565 g/mol. The second-order valence-corrected chi connectivity index (χ2v) is 13.5. The van der Waals surface area contributed by atoms with Crippen LogP contribution in [0.2, 0.25) is 0 Å². The molecule has 2 aromatic rings. The lowest BCUT2D eigenvalue weighted by molar-refractivity contribution is -0.124. The van der Waals surface area contributed by atoms with Crippen LogP contribution in [0.1, 0.15) is 48.8 Å². The smallest absolute Gasteiger partial charge is 0.298 e. The summed E-state index contributed by atoms with van der Waals surface area (Å²) in [7, 11) is -2.99. The Morgan fingerprint density at radius 1 is 1.07 bits per heavy atom. The van der Waals surface area contributed by atoms with Crippen molar-refractivity contribution in [2.45, 2.75) is 51.7 Å². The van der Waals surface area contributed by atoms with Gasteiger partial charge in [-0.1, -0.05) is 12.0 Å². The first-order valence-corrected chi connectivity index (χ1v) is 15.9. The van der Waals surface area contributed by atoms with E-state index in [1.807, 2.05) is 9.80 Å². The zero-order valence-electron chi connectivity index (χ0n) is 23.1. The van der Waals surface area contributed by atoms with Gasteiger partial charge in [-0.2, -0.15) is 0 Å². The van der Waals surface area contributed by atoms with Crippen LogP contribution in [0.5, 0.6) is 5.75 Å². The lowest BCUT2D eigenvalue weighted by Crippen LogP contribution is -2.43. The normalized spacial score (nSPS) is 22.7. The highest BCUT2D eigenvalue weighted by molar-refractivity contribution is 7.91. The fourth-order valence-electron chi connectivity index (χ4n) is 6.44. The molecule has 6 rings (SSSR count). The molecule has 3 saturated heterocycles. The predicted octanol–water partition coefficient (Wildman–Crippen LogP) is 2.46. The second-order valence-electron chi connectivity index (χ2n) is 11.2.